The quantitative estimate of drug-likeness (QED) is 0.824. The average Bonchev–Trinajstić information content (AvgIpc) is 2.25. The zero-order valence-corrected chi connectivity index (χ0v) is 11.0. The third-order valence-electron chi connectivity index (χ3n) is 2.26. The molecular formula is C13H15N3O3. The molecule has 0 aliphatic carbocycles. The van der Waals surface area contributed by atoms with Crippen LogP contribution in [-0.2, 0) is 4.74 Å². The van der Waals surface area contributed by atoms with E-state index in [9.17, 15) is 9.59 Å². The molecule has 1 amide bonds. The predicted octanol–water partition coefficient (Wildman–Crippen LogP) is 2.27. The second-order valence-electron chi connectivity index (χ2n) is 5.06. The van der Waals surface area contributed by atoms with Crippen LogP contribution in [0.3, 0.4) is 0 Å². The molecule has 0 saturated carbocycles. The molecule has 0 radical (unpaired) electrons. The summed E-state index contributed by atoms with van der Waals surface area (Å²) in [5.74, 6) is 0.189. The molecule has 0 aliphatic rings. The molecule has 0 spiro atoms. The Bertz CT molecular complexity index is 671. The number of hydrogen-bond acceptors (Lipinski definition) is 4. The topological polar surface area (TPSA) is 84.1 Å². The third-order valence-corrected chi connectivity index (χ3v) is 2.26. The van der Waals surface area contributed by atoms with Crippen molar-refractivity contribution in [2.75, 3.05) is 5.32 Å². The van der Waals surface area contributed by atoms with Gasteiger partial charge in [0.25, 0.3) is 0 Å². The summed E-state index contributed by atoms with van der Waals surface area (Å²) in [5.41, 5.74) is -0.528. The molecule has 2 aromatic rings. The standard InChI is InChI=1S/C13H15N3O3/c1-13(2,3)19-12(18)16-10-8-6-4-5-7-9(8)14-11(17)15-10/h4-7H,1-3H3,(H2,14,15,16,17,18). The van der Waals surface area contributed by atoms with Gasteiger partial charge in [0.1, 0.15) is 5.60 Å². The number of fused-ring (bicyclic) bond motifs is 1. The van der Waals surface area contributed by atoms with E-state index in [4.69, 9.17) is 4.74 Å². The van der Waals surface area contributed by atoms with Crippen LogP contribution in [0.2, 0.25) is 0 Å². The molecule has 0 fully saturated rings. The molecule has 0 aliphatic heterocycles. The van der Waals surface area contributed by atoms with E-state index in [-0.39, 0.29) is 5.82 Å². The number of amides is 1. The minimum atomic E-state index is -0.643. The molecule has 0 bridgehead atoms. The smallest absolute Gasteiger partial charge is 0.413 e. The van der Waals surface area contributed by atoms with Gasteiger partial charge in [0.05, 0.1) is 5.52 Å². The summed E-state index contributed by atoms with van der Waals surface area (Å²) in [7, 11) is 0. The Morgan fingerprint density at radius 1 is 1.32 bits per heavy atom. The Hall–Kier alpha value is -2.37. The number of carbonyl (C=O) groups is 1. The van der Waals surface area contributed by atoms with Gasteiger partial charge in [-0.2, -0.15) is 4.98 Å². The van der Waals surface area contributed by atoms with E-state index in [1.54, 1.807) is 45.0 Å². The summed E-state index contributed by atoms with van der Waals surface area (Å²) in [6, 6.07) is 7.07. The molecule has 0 unspecified atom stereocenters. The van der Waals surface area contributed by atoms with Gasteiger partial charge in [0, 0.05) is 5.39 Å². The molecule has 100 valence electrons. The largest absolute Gasteiger partial charge is 0.444 e. The number of carbonyl (C=O) groups excluding carboxylic acids is 1. The second kappa shape index (κ2) is 4.72. The lowest BCUT2D eigenvalue weighted by Gasteiger charge is -2.19. The van der Waals surface area contributed by atoms with E-state index in [2.05, 4.69) is 15.3 Å². The maximum Gasteiger partial charge on any atom is 0.413 e. The van der Waals surface area contributed by atoms with Crippen LogP contribution in [0, 0.1) is 0 Å². The lowest BCUT2D eigenvalue weighted by molar-refractivity contribution is 0.0635. The first-order valence-corrected chi connectivity index (χ1v) is 5.84. The number of benzene rings is 1. The average molecular weight is 261 g/mol. The monoisotopic (exact) mass is 261 g/mol. The first-order chi connectivity index (χ1) is 8.85. The molecule has 6 heteroatoms. The van der Waals surface area contributed by atoms with Crippen molar-refractivity contribution in [3.63, 3.8) is 0 Å². The minimum Gasteiger partial charge on any atom is -0.444 e. The van der Waals surface area contributed by atoms with Gasteiger partial charge < -0.3 is 9.72 Å². The van der Waals surface area contributed by atoms with Crippen molar-refractivity contribution < 1.29 is 9.53 Å². The Kier molecular flexibility index (Phi) is 3.25. The van der Waals surface area contributed by atoms with Crippen LogP contribution in [-0.4, -0.2) is 21.7 Å². The fourth-order valence-electron chi connectivity index (χ4n) is 1.60. The number of nitrogens with zero attached hydrogens (tertiary/aromatic N) is 1. The summed E-state index contributed by atoms with van der Waals surface area (Å²) in [6.07, 6.45) is -0.643. The Morgan fingerprint density at radius 2 is 2.00 bits per heavy atom. The van der Waals surface area contributed by atoms with Gasteiger partial charge >= 0.3 is 11.8 Å². The number of H-pyrrole nitrogens is 1. The Labute approximate surface area is 109 Å². The lowest BCUT2D eigenvalue weighted by Crippen LogP contribution is -2.28. The molecule has 1 aromatic heterocycles. The molecular weight excluding hydrogens is 246 g/mol. The predicted molar refractivity (Wildman–Crippen MR) is 72.2 cm³/mol. The van der Waals surface area contributed by atoms with E-state index >= 15 is 0 Å². The highest BCUT2D eigenvalue weighted by Gasteiger charge is 2.17. The number of ether oxygens (including phenoxy) is 1. The molecule has 2 rings (SSSR count). The highest BCUT2D eigenvalue weighted by molar-refractivity contribution is 5.96. The number of hydrogen-bond donors (Lipinski definition) is 2. The van der Waals surface area contributed by atoms with Gasteiger partial charge in [-0.05, 0) is 32.9 Å². The number of para-hydroxylation sites is 1. The lowest BCUT2D eigenvalue weighted by atomic mass is 10.2. The van der Waals surface area contributed by atoms with Gasteiger partial charge in [-0.3, -0.25) is 5.32 Å². The van der Waals surface area contributed by atoms with Crippen molar-refractivity contribution in [1.82, 2.24) is 9.97 Å². The third kappa shape index (κ3) is 3.31. The summed E-state index contributed by atoms with van der Waals surface area (Å²) < 4.78 is 5.13. The fourth-order valence-corrected chi connectivity index (χ4v) is 1.60. The second-order valence-corrected chi connectivity index (χ2v) is 5.06. The van der Waals surface area contributed by atoms with Crippen molar-refractivity contribution in [2.24, 2.45) is 0 Å². The number of aromatic amines is 1. The van der Waals surface area contributed by atoms with Crippen LogP contribution in [0.4, 0.5) is 10.6 Å². The SMILES string of the molecule is CC(C)(C)OC(=O)Nc1nc(=O)[nH]c2ccccc12. The highest BCUT2D eigenvalue weighted by Crippen LogP contribution is 2.18. The van der Waals surface area contributed by atoms with E-state index in [0.29, 0.717) is 10.9 Å². The normalized spacial score (nSPS) is 11.3. The number of anilines is 1. The molecule has 0 saturated heterocycles. The summed E-state index contributed by atoms with van der Waals surface area (Å²) >= 11 is 0. The molecule has 0 atom stereocenters. The van der Waals surface area contributed by atoms with Gasteiger partial charge in [-0.1, -0.05) is 12.1 Å². The van der Waals surface area contributed by atoms with Gasteiger partial charge in [-0.25, -0.2) is 9.59 Å². The maximum absolute atomic E-state index is 11.7. The Morgan fingerprint density at radius 3 is 2.68 bits per heavy atom. The molecule has 1 heterocycles. The summed E-state index contributed by atoms with van der Waals surface area (Å²) in [6.45, 7) is 5.28. The number of rotatable bonds is 1. The van der Waals surface area contributed by atoms with Gasteiger partial charge in [-0.15, -0.1) is 0 Å². The van der Waals surface area contributed by atoms with Crippen molar-refractivity contribution in [1.29, 1.82) is 0 Å². The number of nitrogens with one attached hydrogen (secondary N) is 2. The van der Waals surface area contributed by atoms with Crippen LogP contribution >= 0.6 is 0 Å². The van der Waals surface area contributed by atoms with Gasteiger partial charge in [0.15, 0.2) is 5.82 Å². The van der Waals surface area contributed by atoms with E-state index in [0.717, 1.165) is 0 Å². The van der Waals surface area contributed by atoms with E-state index in [1.807, 2.05) is 0 Å². The van der Waals surface area contributed by atoms with Crippen LogP contribution in [0.5, 0.6) is 0 Å². The zero-order chi connectivity index (χ0) is 14.0. The summed E-state index contributed by atoms with van der Waals surface area (Å²) in [4.78, 5) is 29.5. The van der Waals surface area contributed by atoms with Gasteiger partial charge in [0.2, 0.25) is 0 Å². The molecule has 19 heavy (non-hydrogen) atoms. The fraction of sp³-hybridized carbons (Fsp3) is 0.308. The number of aromatic nitrogens is 2. The van der Waals surface area contributed by atoms with E-state index in [1.165, 1.54) is 0 Å². The van der Waals surface area contributed by atoms with Crippen LogP contribution < -0.4 is 11.0 Å². The van der Waals surface area contributed by atoms with Crippen LogP contribution in [0.1, 0.15) is 20.8 Å². The minimum absolute atomic E-state index is 0.189. The first kappa shape index (κ1) is 13.1. The maximum atomic E-state index is 11.7. The molecule has 2 N–H and O–H groups in total. The first-order valence-electron chi connectivity index (χ1n) is 5.84. The zero-order valence-electron chi connectivity index (χ0n) is 11.0. The van der Waals surface area contributed by atoms with Crippen LogP contribution in [0.25, 0.3) is 10.9 Å². The Balaban J connectivity index is 2.35. The van der Waals surface area contributed by atoms with E-state index < -0.39 is 17.4 Å². The van der Waals surface area contributed by atoms with Crippen molar-refractivity contribution in [3.05, 3.63) is 34.7 Å². The van der Waals surface area contributed by atoms with Crippen molar-refractivity contribution in [3.8, 4) is 0 Å². The van der Waals surface area contributed by atoms with Crippen LogP contribution in [0.15, 0.2) is 29.1 Å². The summed E-state index contributed by atoms with van der Waals surface area (Å²) in [5, 5.41) is 3.14. The molecule has 6 nitrogen and oxygen atoms in total. The molecule has 1 aromatic carbocycles. The highest BCUT2D eigenvalue weighted by atomic mass is 16.6. The van der Waals surface area contributed by atoms with Crippen molar-refractivity contribution >= 4 is 22.8 Å². The van der Waals surface area contributed by atoms with Crippen molar-refractivity contribution in [2.45, 2.75) is 26.4 Å².